The molecule has 0 aliphatic heterocycles. The summed E-state index contributed by atoms with van der Waals surface area (Å²) in [6.07, 6.45) is 0. The number of thioether (sulfide) groups is 1. The van der Waals surface area contributed by atoms with Crippen molar-refractivity contribution in [3.63, 3.8) is 0 Å². The summed E-state index contributed by atoms with van der Waals surface area (Å²) in [5.41, 5.74) is 1.76. The van der Waals surface area contributed by atoms with Gasteiger partial charge in [0.1, 0.15) is 5.75 Å². The van der Waals surface area contributed by atoms with Gasteiger partial charge in [-0.1, -0.05) is 64.8 Å². The topological polar surface area (TPSA) is 65.2 Å². The van der Waals surface area contributed by atoms with Gasteiger partial charge in [0, 0.05) is 10.6 Å². The van der Waals surface area contributed by atoms with E-state index in [1.54, 1.807) is 30.3 Å². The molecule has 8 heteroatoms. The van der Waals surface area contributed by atoms with Crippen molar-refractivity contribution in [2.45, 2.75) is 18.8 Å². The molecule has 0 aliphatic rings. The van der Waals surface area contributed by atoms with Gasteiger partial charge in [-0.3, -0.25) is 4.79 Å². The van der Waals surface area contributed by atoms with E-state index in [0.29, 0.717) is 32.5 Å². The van der Waals surface area contributed by atoms with Crippen molar-refractivity contribution >= 4 is 40.7 Å². The molecule has 2 aromatic carbocycles. The standard InChI is InChI=1S/C18H14Cl2N2O3S/c1-11-2-4-12(5-3-11)15(23)10-26-18-22-21-17(25-18)9-24-16-7-6-13(19)8-14(16)20/h2-8H,9-10H2,1H3. The molecule has 0 saturated carbocycles. The number of hydrogen-bond donors (Lipinski definition) is 0. The maximum absolute atomic E-state index is 12.2. The lowest BCUT2D eigenvalue weighted by Gasteiger charge is -2.05. The number of Topliss-reactive ketones (excluding diaryl/α,β-unsaturated/α-hetero) is 1. The molecule has 3 rings (SSSR count). The van der Waals surface area contributed by atoms with Crippen LogP contribution in [0.3, 0.4) is 0 Å². The fourth-order valence-electron chi connectivity index (χ4n) is 2.04. The van der Waals surface area contributed by atoms with E-state index in [9.17, 15) is 4.79 Å². The third-order valence-corrected chi connectivity index (χ3v) is 4.74. The Balaban J connectivity index is 1.53. The zero-order chi connectivity index (χ0) is 18.5. The van der Waals surface area contributed by atoms with E-state index < -0.39 is 0 Å². The molecule has 3 aromatic rings. The summed E-state index contributed by atoms with van der Waals surface area (Å²) in [6, 6.07) is 12.3. The summed E-state index contributed by atoms with van der Waals surface area (Å²) in [5, 5.41) is 9.04. The van der Waals surface area contributed by atoms with E-state index in [-0.39, 0.29) is 18.1 Å². The Labute approximate surface area is 164 Å². The predicted molar refractivity (Wildman–Crippen MR) is 101 cm³/mol. The zero-order valence-corrected chi connectivity index (χ0v) is 16.1. The van der Waals surface area contributed by atoms with Gasteiger partial charge < -0.3 is 9.15 Å². The molecule has 0 N–H and O–H groups in total. The van der Waals surface area contributed by atoms with Gasteiger partial charge >= 0.3 is 0 Å². The fraction of sp³-hybridized carbons (Fsp3) is 0.167. The van der Waals surface area contributed by atoms with Gasteiger partial charge in [-0.2, -0.15) is 0 Å². The van der Waals surface area contributed by atoms with Crippen LogP contribution in [0.5, 0.6) is 5.75 Å². The maximum atomic E-state index is 12.2. The minimum absolute atomic E-state index is 0.000976. The molecule has 5 nitrogen and oxygen atoms in total. The second-order valence-electron chi connectivity index (χ2n) is 5.40. The summed E-state index contributed by atoms with van der Waals surface area (Å²) in [5.74, 6) is 0.979. The summed E-state index contributed by atoms with van der Waals surface area (Å²) in [6.45, 7) is 2.04. The van der Waals surface area contributed by atoms with Crippen LogP contribution in [0.2, 0.25) is 10.0 Å². The first-order valence-corrected chi connectivity index (χ1v) is 9.38. The zero-order valence-electron chi connectivity index (χ0n) is 13.7. The van der Waals surface area contributed by atoms with Crippen LogP contribution in [0.4, 0.5) is 0 Å². The van der Waals surface area contributed by atoms with Crippen LogP contribution in [-0.4, -0.2) is 21.7 Å². The Bertz CT molecular complexity index is 913. The molecule has 0 saturated heterocycles. The number of aryl methyl sites for hydroxylation is 1. The molecular formula is C18H14Cl2N2O3S. The van der Waals surface area contributed by atoms with Crippen LogP contribution in [0, 0.1) is 6.92 Å². The first-order valence-electron chi connectivity index (χ1n) is 7.64. The number of halogens is 2. The molecule has 1 aromatic heterocycles. The van der Waals surface area contributed by atoms with E-state index in [1.165, 1.54) is 11.8 Å². The number of hydrogen-bond acceptors (Lipinski definition) is 6. The number of carbonyl (C=O) groups excluding carboxylic acids is 1. The molecule has 26 heavy (non-hydrogen) atoms. The van der Waals surface area contributed by atoms with Crippen molar-refractivity contribution in [1.82, 2.24) is 10.2 Å². The highest BCUT2D eigenvalue weighted by molar-refractivity contribution is 7.99. The molecular weight excluding hydrogens is 395 g/mol. The van der Waals surface area contributed by atoms with E-state index in [4.69, 9.17) is 32.4 Å². The van der Waals surface area contributed by atoms with Crippen molar-refractivity contribution in [2.24, 2.45) is 0 Å². The highest BCUT2D eigenvalue weighted by atomic mass is 35.5. The van der Waals surface area contributed by atoms with Crippen LogP contribution in [0.15, 0.2) is 52.1 Å². The summed E-state index contributed by atoms with van der Waals surface area (Å²) >= 11 is 13.1. The molecule has 0 spiro atoms. The number of aromatic nitrogens is 2. The van der Waals surface area contributed by atoms with E-state index in [0.717, 1.165) is 5.56 Å². The Hall–Kier alpha value is -2.02. The first-order chi connectivity index (χ1) is 12.5. The molecule has 0 bridgehead atoms. The summed E-state index contributed by atoms with van der Waals surface area (Å²) in [4.78, 5) is 12.2. The van der Waals surface area contributed by atoms with Gasteiger partial charge in [0.25, 0.3) is 11.1 Å². The van der Waals surface area contributed by atoms with Crippen molar-refractivity contribution in [3.05, 3.63) is 69.5 Å². The molecule has 0 radical (unpaired) electrons. The van der Waals surface area contributed by atoms with Crippen LogP contribution in [0.25, 0.3) is 0 Å². The van der Waals surface area contributed by atoms with Crippen molar-refractivity contribution in [1.29, 1.82) is 0 Å². The summed E-state index contributed by atoms with van der Waals surface area (Å²) in [7, 11) is 0. The van der Waals surface area contributed by atoms with Gasteiger partial charge in [0.05, 0.1) is 10.8 Å². The highest BCUT2D eigenvalue weighted by Gasteiger charge is 2.12. The minimum atomic E-state index is -0.000976. The lowest BCUT2D eigenvalue weighted by atomic mass is 10.1. The molecule has 1 heterocycles. The molecule has 0 atom stereocenters. The number of nitrogens with zero attached hydrogens (tertiary/aromatic N) is 2. The SMILES string of the molecule is Cc1ccc(C(=O)CSc2nnc(COc3ccc(Cl)cc3Cl)o2)cc1. The number of carbonyl (C=O) groups is 1. The number of ether oxygens (including phenoxy) is 1. The third kappa shape index (κ3) is 5.00. The van der Waals surface area contributed by atoms with E-state index >= 15 is 0 Å². The molecule has 0 aliphatic carbocycles. The van der Waals surface area contributed by atoms with Gasteiger partial charge in [-0.15, -0.1) is 10.2 Å². The lowest BCUT2D eigenvalue weighted by molar-refractivity contribution is 0.102. The van der Waals surface area contributed by atoms with Crippen LogP contribution in [0.1, 0.15) is 21.8 Å². The Morgan fingerprint density at radius 2 is 1.92 bits per heavy atom. The van der Waals surface area contributed by atoms with E-state index in [2.05, 4.69) is 10.2 Å². The average Bonchev–Trinajstić information content (AvgIpc) is 3.07. The Morgan fingerprint density at radius 1 is 1.15 bits per heavy atom. The van der Waals surface area contributed by atoms with Gasteiger partial charge in [-0.05, 0) is 25.1 Å². The molecule has 0 amide bonds. The predicted octanol–water partition coefficient (Wildman–Crippen LogP) is 5.24. The monoisotopic (exact) mass is 408 g/mol. The fourth-order valence-corrected chi connectivity index (χ4v) is 3.17. The largest absolute Gasteiger partial charge is 0.482 e. The number of ketones is 1. The third-order valence-electron chi connectivity index (χ3n) is 3.39. The van der Waals surface area contributed by atoms with Crippen LogP contribution in [-0.2, 0) is 6.61 Å². The van der Waals surface area contributed by atoms with Gasteiger partial charge in [0.2, 0.25) is 0 Å². The van der Waals surface area contributed by atoms with E-state index in [1.807, 2.05) is 19.1 Å². The Kier molecular flexibility index (Phi) is 6.19. The van der Waals surface area contributed by atoms with Crippen LogP contribution >= 0.6 is 35.0 Å². The van der Waals surface area contributed by atoms with Gasteiger partial charge in [0.15, 0.2) is 12.4 Å². The Morgan fingerprint density at radius 3 is 2.65 bits per heavy atom. The molecule has 0 unspecified atom stereocenters. The second kappa shape index (κ2) is 8.58. The molecule has 134 valence electrons. The van der Waals surface area contributed by atoms with Crippen molar-refractivity contribution < 1.29 is 13.9 Å². The first kappa shape index (κ1) is 18.8. The summed E-state index contributed by atoms with van der Waals surface area (Å²) < 4.78 is 11.0. The van der Waals surface area contributed by atoms with Crippen molar-refractivity contribution in [2.75, 3.05) is 5.75 Å². The van der Waals surface area contributed by atoms with Crippen LogP contribution < -0.4 is 4.74 Å². The smallest absolute Gasteiger partial charge is 0.277 e. The molecule has 0 fully saturated rings. The average molecular weight is 409 g/mol. The maximum Gasteiger partial charge on any atom is 0.277 e. The quantitative estimate of drug-likeness (QED) is 0.393. The highest BCUT2D eigenvalue weighted by Crippen LogP contribution is 2.28. The normalized spacial score (nSPS) is 10.7. The number of benzene rings is 2. The minimum Gasteiger partial charge on any atom is -0.482 e. The second-order valence-corrected chi connectivity index (χ2v) is 7.17. The van der Waals surface area contributed by atoms with Crippen molar-refractivity contribution in [3.8, 4) is 5.75 Å². The number of rotatable bonds is 7. The van der Waals surface area contributed by atoms with Gasteiger partial charge in [-0.25, -0.2) is 0 Å². The lowest BCUT2D eigenvalue weighted by Crippen LogP contribution is -2.02.